The van der Waals surface area contributed by atoms with Crippen LogP contribution in [0.5, 0.6) is 5.75 Å². The molecule has 0 saturated carbocycles. The first-order valence-electron chi connectivity index (χ1n) is 11.4. The number of nitrogens with zero attached hydrogens (tertiary/aromatic N) is 2. The van der Waals surface area contributed by atoms with Gasteiger partial charge >= 0.3 is 0 Å². The third kappa shape index (κ3) is 6.32. The van der Waals surface area contributed by atoms with Crippen molar-refractivity contribution in [2.24, 2.45) is 0 Å². The molecular formula is C24H31N3O5S. The summed E-state index contributed by atoms with van der Waals surface area (Å²) in [6, 6.07) is 14.1. The first kappa shape index (κ1) is 23.7. The Kier molecular flexibility index (Phi) is 7.97. The third-order valence-corrected chi connectivity index (χ3v) is 7.82. The minimum Gasteiger partial charge on any atom is -0.492 e. The molecule has 2 fully saturated rings. The summed E-state index contributed by atoms with van der Waals surface area (Å²) in [5.41, 5.74) is 1.84. The van der Waals surface area contributed by atoms with Crippen LogP contribution >= 0.6 is 0 Å². The first-order valence-corrected chi connectivity index (χ1v) is 12.9. The van der Waals surface area contributed by atoms with Gasteiger partial charge in [-0.15, -0.1) is 0 Å². The molecule has 2 aliphatic heterocycles. The number of likely N-dealkylation sites (tertiary alicyclic amines) is 1. The molecule has 0 atom stereocenters. The maximum absolute atomic E-state index is 12.7. The van der Waals surface area contributed by atoms with Crippen LogP contribution in [0.2, 0.25) is 0 Å². The number of carbonyl (C=O) groups is 1. The van der Waals surface area contributed by atoms with Gasteiger partial charge in [0.1, 0.15) is 12.4 Å². The molecule has 2 aliphatic rings. The van der Waals surface area contributed by atoms with Crippen molar-refractivity contribution >= 4 is 15.9 Å². The lowest BCUT2D eigenvalue weighted by molar-refractivity contribution is 0.0730. The zero-order valence-electron chi connectivity index (χ0n) is 18.7. The smallest absolute Gasteiger partial charge is 0.251 e. The van der Waals surface area contributed by atoms with Crippen molar-refractivity contribution in [2.75, 3.05) is 52.5 Å². The second-order valence-electron chi connectivity index (χ2n) is 8.27. The number of ether oxygens (including phenoxy) is 2. The predicted molar refractivity (Wildman–Crippen MR) is 125 cm³/mol. The van der Waals surface area contributed by atoms with Gasteiger partial charge in [0.05, 0.1) is 24.7 Å². The molecule has 0 spiro atoms. The number of hydrogen-bond acceptors (Lipinski definition) is 6. The maximum Gasteiger partial charge on any atom is 0.251 e. The van der Waals surface area contributed by atoms with Crippen molar-refractivity contribution in [1.29, 1.82) is 0 Å². The average Bonchev–Trinajstić information content (AvgIpc) is 3.36. The van der Waals surface area contributed by atoms with Gasteiger partial charge in [-0.3, -0.25) is 9.69 Å². The molecular weight excluding hydrogens is 442 g/mol. The second-order valence-corrected chi connectivity index (χ2v) is 10.2. The van der Waals surface area contributed by atoms with E-state index in [0.717, 1.165) is 19.6 Å². The minimum atomic E-state index is -3.52. The molecule has 8 nitrogen and oxygen atoms in total. The van der Waals surface area contributed by atoms with Gasteiger partial charge < -0.3 is 14.8 Å². The molecule has 1 amide bonds. The summed E-state index contributed by atoms with van der Waals surface area (Å²) >= 11 is 0. The number of sulfonamides is 1. The highest BCUT2D eigenvalue weighted by Gasteiger charge is 2.26. The second kappa shape index (κ2) is 11.1. The van der Waals surface area contributed by atoms with E-state index in [1.807, 2.05) is 24.3 Å². The molecule has 0 aromatic heterocycles. The molecule has 2 saturated heterocycles. The Morgan fingerprint density at radius 3 is 2.27 bits per heavy atom. The number of nitrogens with one attached hydrogen (secondary N) is 1. The van der Waals surface area contributed by atoms with Gasteiger partial charge in [-0.25, -0.2) is 8.42 Å². The lowest BCUT2D eigenvalue weighted by Gasteiger charge is -2.26. The summed E-state index contributed by atoms with van der Waals surface area (Å²) in [4.78, 5) is 15.0. The van der Waals surface area contributed by atoms with Crippen LogP contribution in [0.25, 0.3) is 0 Å². The molecule has 9 heteroatoms. The molecule has 0 unspecified atom stereocenters. The van der Waals surface area contributed by atoms with E-state index in [9.17, 15) is 13.2 Å². The van der Waals surface area contributed by atoms with E-state index in [0.29, 0.717) is 44.2 Å². The molecule has 2 aromatic carbocycles. The van der Waals surface area contributed by atoms with Crippen LogP contribution in [-0.2, 0) is 21.3 Å². The van der Waals surface area contributed by atoms with E-state index in [1.54, 1.807) is 24.3 Å². The first-order chi connectivity index (χ1) is 16.0. The average molecular weight is 474 g/mol. The van der Waals surface area contributed by atoms with Crippen LogP contribution in [0.1, 0.15) is 28.8 Å². The van der Waals surface area contributed by atoms with Crippen LogP contribution in [0, 0.1) is 0 Å². The molecule has 2 heterocycles. The van der Waals surface area contributed by atoms with Gasteiger partial charge in [0.15, 0.2) is 0 Å². The van der Waals surface area contributed by atoms with E-state index >= 15 is 0 Å². The van der Waals surface area contributed by atoms with Gasteiger partial charge in [0.25, 0.3) is 5.91 Å². The van der Waals surface area contributed by atoms with Gasteiger partial charge in [-0.2, -0.15) is 4.31 Å². The van der Waals surface area contributed by atoms with Crippen LogP contribution in [-0.4, -0.2) is 76.1 Å². The maximum atomic E-state index is 12.7. The molecule has 33 heavy (non-hydrogen) atoms. The Morgan fingerprint density at radius 1 is 0.939 bits per heavy atom. The highest BCUT2D eigenvalue weighted by molar-refractivity contribution is 7.89. The number of rotatable bonds is 9. The van der Waals surface area contributed by atoms with E-state index in [4.69, 9.17) is 9.47 Å². The Labute approximate surface area is 195 Å². The standard InChI is InChI=1S/C24H31N3O5S/c28-24(21-5-3-20(4-6-21)19-26-12-1-2-13-26)25-11-16-32-22-7-9-23(10-8-22)33(29,30)27-14-17-31-18-15-27/h3-10H,1-2,11-19H2,(H,25,28). The summed E-state index contributed by atoms with van der Waals surface area (Å²) in [5, 5.41) is 2.85. The van der Waals surface area contributed by atoms with Crippen molar-refractivity contribution < 1.29 is 22.7 Å². The molecule has 4 rings (SSSR count). The minimum absolute atomic E-state index is 0.140. The summed E-state index contributed by atoms with van der Waals surface area (Å²) in [5.74, 6) is 0.412. The van der Waals surface area contributed by atoms with Crippen molar-refractivity contribution in [3.8, 4) is 5.75 Å². The molecule has 0 aliphatic carbocycles. The van der Waals surface area contributed by atoms with Crippen LogP contribution in [0.15, 0.2) is 53.4 Å². The topological polar surface area (TPSA) is 88.2 Å². The van der Waals surface area contributed by atoms with Crippen LogP contribution in [0.3, 0.4) is 0 Å². The summed E-state index contributed by atoms with van der Waals surface area (Å²) in [6.07, 6.45) is 2.53. The summed E-state index contributed by atoms with van der Waals surface area (Å²) in [6.45, 7) is 5.41. The Morgan fingerprint density at radius 2 is 1.61 bits per heavy atom. The quantitative estimate of drug-likeness (QED) is 0.562. The number of benzene rings is 2. The van der Waals surface area contributed by atoms with E-state index in [-0.39, 0.29) is 17.4 Å². The fraction of sp³-hybridized carbons (Fsp3) is 0.458. The molecule has 0 bridgehead atoms. The molecule has 0 radical (unpaired) electrons. The Bertz CT molecular complexity index is 1010. The highest BCUT2D eigenvalue weighted by atomic mass is 32.2. The van der Waals surface area contributed by atoms with Crippen molar-refractivity contribution in [1.82, 2.24) is 14.5 Å². The predicted octanol–water partition coefficient (Wildman–Crippen LogP) is 2.11. The van der Waals surface area contributed by atoms with Gasteiger partial charge in [0, 0.05) is 25.2 Å². The van der Waals surface area contributed by atoms with E-state index < -0.39 is 10.0 Å². The van der Waals surface area contributed by atoms with E-state index in [2.05, 4.69) is 10.2 Å². The third-order valence-electron chi connectivity index (χ3n) is 5.91. The fourth-order valence-electron chi connectivity index (χ4n) is 4.04. The lowest BCUT2D eigenvalue weighted by atomic mass is 10.1. The molecule has 1 N–H and O–H groups in total. The van der Waals surface area contributed by atoms with Crippen molar-refractivity contribution in [2.45, 2.75) is 24.3 Å². The van der Waals surface area contributed by atoms with E-state index in [1.165, 1.54) is 22.7 Å². The Balaban J connectivity index is 1.20. The molecule has 2 aromatic rings. The van der Waals surface area contributed by atoms with Crippen LogP contribution in [0.4, 0.5) is 0 Å². The van der Waals surface area contributed by atoms with Crippen molar-refractivity contribution in [3.05, 3.63) is 59.7 Å². The summed E-state index contributed by atoms with van der Waals surface area (Å²) in [7, 11) is -3.52. The number of amides is 1. The zero-order chi connectivity index (χ0) is 23.1. The number of carbonyl (C=O) groups excluding carboxylic acids is 1. The fourth-order valence-corrected chi connectivity index (χ4v) is 5.45. The zero-order valence-corrected chi connectivity index (χ0v) is 19.6. The SMILES string of the molecule is O=C(NCCOc1ccc(S(=O)(=O)N2CCOCC2)cc1)c1ccc(CN2CCCC2)cc1. The lowest BCUT2D eigenvalue weighted by Crippen LogP contribution is -2.40. The van der Waals surface area contributed by atoms with Crippen LogP contribution < -0.4 is 10.1 Å². The monoisotopic (exact) mass is 473 g/mol. The van der Waals surface area contributed by atoms with Gasteiger partial charge in [0.2, 0.25) is 10.0 Å². The normalized spacial score (nSPS) is 17.7. The molecule has 178 valence electrons. The summed E-state index contributed by atoms with van der Waals surface area (Å²) < 4.78 is 37.6. The highest BCUT2D eigenvalue weighted by Crippen LogP contribution is 2.20. The number of hydrogen-bond donors (Lipinski definition) is 1. The largest absolute Gasteiger partial charge is 0.492 e. The number of morpholine rings is 1. The van der Waals surface area contributed by atoms with Gasteiger partial charge in [-0.1, -0.05) is 12.1 Å². The van der Waals surface area contributed by atoms with Crippen molar-refractivity contribution in [3.63, 3.8) is 0 Å². The Hall–Kier alpha value is -2.46. The van der Waals surface area contributed by atoms with Gasteiger partial charge in [-0.05, 0) is 67.9 Å².